The van der Waals surface area contributed by atoms with Gasteiger partial charge in [-0.15, -0.1) is 0 Å². The number of carboxylic acid groups (broad SMARTS) is 1. The number of likely N-dealkylation sites (N-methyl/N-ethyl adjacent to an activating group) is 1. The fourth-order valence-electron chi connectivity index (χ4n) is 1.40. The van der Waals surface area contributed by atoms with Crippen LogP contribution in [0.1, 0.15) is 5.56 Å². The molecule has 1 aromatic rings. The zero-order valence-corrected chi connectivity index (χ0v) is 10.3. The summed E-state index contributed by atoms with van der Waals surface area (Å²) < 4.78 is 10.3. The molecule has 5 heteroatoms. The lowest BCUT2D eigenvalue weighted by Crippen LogP contribution is -2.26. The van der Waals surface area contributed by atoms with Crippen molar-refractivity contribution in [2.75, 3.05) is 27.8 Å². The standard InChI is InChI=1S/C12H17NO4/c1-13(12(14)15)5-4-9-6-10(16-2)8-11(7-9)17-3/h6-8H,4-5H2,1-3H3,(H,14,15). The van der Waals surface area contributed by atoms with Crippen LogP contribution in [0.5, 0.6) is 11.5 Å². The van der Waals surface area contributed by atoms with Crippen LogP contribution in [0.3, 0.4) is 0 Å². The molecule has 0 aliphatic heterocycles. The molecule has 0 saturated carbocycles. The molecule has 0 heterocycles. The van der Waals surface area contributed by atoms with E-state index in [0.29, 0.717) is 24.5 Å². The normalized spacial score (nSPS) is 9.82. The van der Waals surface area contributed by atoms with E-state index in [2.05, 4.69) is 0 Å². The zero-order chi connectivity index (χ0) is 12.8. The van der Waals surface area contributed by atoms with Gasteiger partial charge in [-0.05, 0) is 24.1 Å². The molecule has 0 fully saturated rings. The van der Waals surface area contributed by atoms with E-state index in [0.717, 1.165) is 5.56 Å². The van der Waals surface area contributed by atoms with Crippen LogP contribution >= 0.6 is 0 Å². The topological polar surface area (TPSA) is 59.0 Å². The SMILES string of the molecule is COc1cc(CCN(C)C(=O)O)cc(OC)c1. The lowest BCUT2D eigenvalue weighted by molar-refractivity contribution is 0.156. The summed E-state index contributed by atoms with van der Waals surface area (Å²) in [4.78, 5) is 11.9. The van der Waals surface area contributed by atoms with Crippen molar-refractivity contribution in [1.29, 1.82) is 0 Å². The zero-order valence-electron chi connectivity index (χ0n) is 10.3. The molecule has 0 aliphatic rings. The van der Waals surface area contributed by atoms with Crippen LogP contribution in [-0.2, 0) is 6.42 Å². The van der Waals surface area contributed by atoms with Gasteiger partial charge in [0.2, 0.25) is 0 Å². The Hall–Kier alpha value is -1.91. The second kappa shape index (κ2) is 5.98. The van der Waals surface area contributed by atoms with Crippen molar-refractivity contribution in [3.05, 3.63) is 23.8 Å². The number of hydrogen-bond acceptors (Lipinski definition) is 3. The van der Waals surface area contributed by atoms with Crippen LogP contribution < -0.4 is 9.47 Å². The Morgan fingerprint density at radius 3 is 2.18 bits per heavy atom. The van der Waals surface area contributed by atoms with Crippen molar-refractivity contribution in [3.8, 4) is 11.5 Å². The predicted octanol–water partition coefficient (Wildman–Crippen LogP) is 1.86. The van der Waals surface area contributed by atoms with Crippen LogP contribution in [0.15, 0.2) is 18.2 Å². The van der Waals surface area contributed by atoms with Gasteiger partial charge < -0.3 is 19.5 Å². The highest BCUT2D eigenvalue weighted by Gasteiger charge is 2.07. The Bertz CT molecular complexity index is 370. The smallest absolute Gasteiger partial charge is 0.407 e. The summed E-state index contributed by atoms with van der Waals surface area (Å²) in [6, 6.07) is 5.53. The number of ether oxygens (including phenoxy) is 2. The molecule has 5 nitrogen and oxygen atoms in total. The number of methoxy groups -OCH3 is 2. The van der Waals surface area contributed by atoms with Crippen molar-refractivity contribution >= 4 is 6.09 Å². The third kappa shape index (κ3) is 3.86. The fourth-order valence-corrected chi connectivity index (χ4v) is 1.40. The summed E-state index contributed by atoms with van der Waals surface area (Å²) in [5.74, 6) is 1.41. The first-order valence-corrected chi connectivity index (χ1v) is 5.23. The minimum absolute atomic E-state index is 0.436. The Balaban J connectivity index is 2.73. The highest BCUT2D eigenvalue weighted by Crippen LogP contribution is 2.22. The third-order valence-electron chi connectivity index (χ3n) is 2.47. The molecule has 0 aliphatic carbocycles. The van der Waals surface area contributed by atoms with Crippen LogP contribution in [0, 0.1) is 0 Å². The highest BCUT2D eigenvalue weighted by molar-refractivity contribution is 5.64. The van der Waals surface area contributed by atoms with Crippen LogP contribution in [0.4, 0.5) is 4.79 Å². The van der Waals surface area contributed by atoms with E-state index in [9.17, 15) is 4.79 Å². The molecule has 1 amide bonds. The first kappa shape index (κ1) is 13.2. The average Bonchev–Trinajstić information content (AvgIpc) is 2.35. The Morgan fingerprint density at radius 2 is 1.76 bits per heavy atom. The number of benzene rings is 1. The van der Waals surface area contributed by atoms with Gasteiger partial charge in [-0.25, -0.2) is 4.79 Å². The van der Waals surface area contributed by atoms with E-state index >= 15 is 0 Å². The van der Waals surface area contributed by atoms with Gasteiger partial charge in [0.15, 0.2) is 0 Å². The molecule has 0 atom stereocenters. The first-order chi connectivity index (χ1) is 8.06. The van der Waals surface area contributed by atoms with Crippen LogP contribution in [0.25, 0.3) is 0 Å². The van der Waals surface area contributed by atoms with Gasteiger partial charge in [0.05, 0.1) is 14.2 Å². The molecule has 0 bridgehead atoms. The molecule has 94 valence electrons. The summed E-state index contributed by atoms with van der Waals surface area (Å²) >= 11 is 0. The van der Waals surface area contributed by atoms with E-state index < -0.39 is 6.09 Å². The minimum Gasteiger partial charge on any atom is -0.497 e. The number of carbonyl (C=O) groups is 1. The van der Waals surface area contributed by atoms with E-state index in [-0.39, 0.29) is 0 Å². The maximum absolute atomic E-state index is 10.6. The van der Waals surface area contributed by atoms with E-state index in [1.54, 1.807) is 27.3 Å². The predicted molar refractivity (Wildman–Crippen MR) is 63.9 cm³/mol. The van der Waals surface area contributed by atoms with Crippen molar-refractivity contribution in [1.82, 2.24) is 4.90 Å². The molecule has 1 rings (SSSR count). The monoisotopic (exact) mass is 239 g/mol. The van der Waals surface area contributed by atoms with Gasteiger partial charge in [-0.3, -0.25) is 0 Å². The van der Waals surface area contributed by atoms with Gasteiger partial charge in [0, 0.05) is 19.7 Å². The van der Waals surface area contributed by atoms with Crippen LogP contribution in [0.2, 0.25) is 0 Å². The Labute approximate surface area is 101 Å². The largest absolute Gasteiger partial charge is 0.497 e. The minimum atomic E-state index is -0.931. The Morgan fingerprint density at radius 1 is 1.24 bits per heavy atom. The van der Waals surface area contributed by atoms with E-state index in [1.165, 1.54) is 4.90 Å². The van der Waals surface area contributed by atoms with Gasteiger partial charge in [0.1, 0.15) is 11.5 Å². The molecule has 0 spiro atoms. The molecule has 0 radical (unpaired) electrons. The Kier molecular flexibility index (Phi) is 4.63. The van der Waals surface area contributed by atoms with Crippen molar-refractivity contribution in [3.63, 3.8) is 0 Å². The molecule has 17 heavy (non-hydrogen) atoms. The number of amides is 1. The molecule has 0 saturated heterocycles. The van der Waals surface area contributed by atoms with Gasteiger partial charge in [-0.2, -0.15) is 0 Å². The van der Waals surface area contributed by atoms with Crippen molar-refractivity contribution < 1.29 is 19.4 Å². The summed E-state index contributed by atoms with van der Waals surface area (Å²) in [6.45, 7) is 0.436. The molecular formula is C12H17NO4. The maximum Gasteiger partial charge on any atom is 0.407 e. The van der Waals surface area contributed by atoms with E-state index in [4.69, 9.17) is 14.6 Å². The summed E-state index contributed by atoms with van der Waals surface area (Å²) in [5, 5.41) is 8.74. The number of rotatable bonds is 5. The maximum atomic E-state index is 10.6. The molecular weight excluding hydrogens is 222 g/mol. The molecule has 1 N–H and O–H groups in total. The summed E-state index contributed by atoms with van der Waals surface area (Å²) in [5.41, 5.74) is 0.981. The summed E-state index contributed by atoms with van der Waals surface area (Å²) in [7, 11) is 4.71. The first-order valence-electron chi connectivity index (χ1n) is 5.23. The lowest BCUT2D eigenvalue weighted by atomic mass is 10.1. The van der Waals surface area contributed by atoms with E-state index in [1.807, 2.05) is 12.1 Å². The molecule has 0 unspecified atom stereocenters. The van der Waals surface area contributed by atoms with Gasteiger partial charge in [-0.1, -0.05) is 0 Å². The molecule has 1 aromatic carbocycles. The molecule has 0 aromatic heterocycles. The van der Waals surface area contributed by atoms with Gasteiger partial charge in [0.25, 0.3) is 0 Å². The van der Waals surface area contributed by atoms with Crippen molar-refractivity contribution in [2.45, 2.75) is 6.42 Å². The average molecular weight is 239 g/mol. The number of hydrogen-bond donors (Lipinski definition) is 1. The van der Waals surface area contributed by atoms with Crippen molar-refractivity contribution in [2.24, 2.45) is 0 Å². The van der Waals surface area contributed by atoms with Crippen LogP contribution in [-0.4, -0.2) is 43.9 Å². The fraction of sp³-hybridized carbons (Fsp3) is 0.417. The second-order valence-corrected chi connectivity index (χ2v) is 3.68. The van der Waals surface area contributed by atoms with Gasteiger partial charge >= 0.3 is 6.09 Å². The number of nitrogens with zero attached hydrogens (tertiary/aromatic N) is 1. The quantitative estimate of drug-likeness (QED) is 0.852. The highest BCUT2D eigenvalue weighted by atomic mass is 16.5. The lowest BCUT2D eigenvalue weighted by Gasteiger charge is -2.13. The summed E-state index contributed by atoms with van der Waals surface area (Å²) in [6.07, 6.45) is -0.309. The third-order valence-corrected chi connectivity index (χ3v) is 2.47. The second-order valence-electron chi connectivity index (χ2n) is 3.68.